The molecule has 0 saturated carbocycles. The lowest BCUT2D eigenvalue weighted by Gasteiger charge is -2.20. The normalized spacial score (nSPS) is 11.3. The van der Waals surface area contributed by atoms with Gasteiger partial charge in [-0.05, 0) is 47.2 Å². The molecule has 3 rings (SSSR count). The first kappa shape index (κ1) is 18.8. The number of aromatic nitrogens is 1. The summed E-state index contributed by atoms with van der Waals surface area (Å²) in [5, 5.41) is 10.3. The highest BCUT2D eigenvalue weighted by Crippen LogP contribution is 2.32. The topological polar surface area (TPSA) is 85.3 Å². The van der Waals surface area contributed by atoms with Gasteiger partial charge in [0.2, 0.25) is 0 Å². The zero-order valence-corrected chi connectivity index (χ0v) is 15.2. The van der Waals surface area contributed by atoms with E-state index in [9.17, 15) is 19.1 Å². The van der Waals surface area contributed by atoms with E-state index in [4.69, 9.17) is 5.73 Å². The Bertz CT molecular complexity index is 1070. The molecule has 0 aliphatic rings. The van der Waals surface area contributed by atoms with Crippen molar-refractivity contribution in [2.24, 2.45) is 11.7 Å². The molecule has 0 spiro atoms. The number of carbonyl (C=O) groups is 1. The predicted octanol–water partition coefficient (Wildman–Crippen LogP) is 3.62. The van der Waals surface area contributed by atoms with Crippen LogP contribution in [0.1, 0.15) is 29.9 Å². The number of nitrogens with zero attached hydrogens (tertiary/aromatic N) is 1. The van der Waals surface area contributed by atoms with Crippen LogP contribution in [0.5, 0.6) is 0 Å². The van der Waals surface area contributed by atoms with Gasteiger partial charge in [-0.25, -0.2) is 9.18 Å². The molecule has 0 unspecified atom stereocenters. The molecule has 3 aromatic rings. The second-order valence-electron chi connectivity index (χ2n) is 6.91. The number of aromatic carboxylic acids is 1. The van der Waals surface area contributed by atoms with E-state index in [0.717, 1.165) is 0 Å². The first-order valence-electron chi connectivity index (χ1n) is 8.72. The fourth-order valence-electron chi connectivity index (χ4n) is 3.34. The third kappa shape index (κ3) is 3.48. The van der Waals surface area contributed by atoms with Crippen molar-refractivity contribution in [3.8, 4) is 11.1 Å². The van der Waals surface area contributed by atoms with Crippen molar-refractivity contribution in [3.63, 3.8) is 0 Å². The average molecular weight is 368 g/mol. The number of carboxylic acids is 1. The van der Waals surface area contributed by atoms with Gasteiger partial charge < -0.3 is 15.4 Å². The Hall–Kier alpha value is -2.99. The molecule has 0 aliphatic heterocycles. The summed E-state index contributed by atoms with van der Waals surface area (Å²) in [6.45, 7) is 4.59. The molecule has 5 nitrogen and oxygen atoms in total. The van der Waals surface area contributed by atoms with Gasteiger partial charge >= 0.3 is 5.97 Å². The van der Waals surface area contributed by atoms with Crippen molar-refractivity contribution in [2.75, 3.05) is 0 Å². The lowest BCUT2D eigenvalue weighted by Crippen LogP contribution is -2.28. The molecule has 0 saturated heterocycles. The average Bonchev–Trinajstić information content (AvgIpc) is 2.63. The molecule has 2 aromatic carbocycles. The van der Waals surface area contributed by atoms with Crippen LogP contribution in [0.3, 0.4) is 0 Å². The number of hydrogen-bond donors (Lipinski definition) is 2. The maximum atomic E-state index is 13.4. The fraction of sp³-hybridized carbons (Fsp3) is 0.238. The van der Waals surface area contributed by atoms with Crippen LogP contribution in [0.15, 0.2) is 47.3 Å². The third-order valence-corrected chi connectivity index (χ3v) is 4.50. The molecular formula is C21H21FN2O3. The fourth-order valence-corrected chi connectivity index (χ4v) is 3.34. The van der Waals surface area contributed by atoms with Crippen molar-refractivity contribution >= 4 is 16.7 Å². The molecule has 3 N–H and O–H groups in total. The molecule has 1 heterocycles. The molecule has 140 valence electrons. The van der Waals surface area contributed by atoms with Gasteiger partial charge in [0, 0.05) is 29.7 Å². The molecule has 27 heavy (non-hydrogen) atoms. The van der Waals surface area contributed by atoms with E-state index in [0.29, 0.717) is 34.1 Å². The Labute approximate surface area is 155 Å². The molecular weight excluding hydrogens is 347 g/mol. The van der Waals surface area contributed by atoms with Crippen LogP contribution in [0.25, 0.3) is 21.9 Å². The van der Waals surface area contributed by atoms with Gasteiger partial charge in [0.15, 0.2) is 0 Å². The summed E-state index contributed by atoms with van der Waals surface area (Å²) >= 11 is 0. The van der Waals surface area contributed by atoms with Gasteiger partial charge in [0.25, 0.3) is 5.56 Å². The van der Waals surface area contributed by atoms with E-state index in [1.807, 2.05) is 13.8 Å². The molecule has 0 radical (unpaired) electrons. The van der Waals surface area contributed by atoms with Crippen molar-refractivity contribution in [1.29, 1.82) is 0 Å². The monoisotopic (exact) mass is 368 g/mol. The number of hydrogen-bond acceptors (Lipinski definition) is 3. The standard InChI is InChI=1S/C21H21FN2O3/c1-12(2)11-24-18(10-23)19(13-3-6-15(22)7-4-13)17-9-14(21(26)27)5-8-16(17)20(24)25/h3-9,12H,10-11,23H2,1-2H3,(H,26,27). The van der Waals surface area contributed by atoms with Crippen molar-refractivity contribution in [3.05, 3.63) is 69.9 Å². The number of benzene rings is 2. The number of carboxylic acid groups (broad SMARTS) is 1. The summed E-state index contributed by atoms with van der Waals surface area (Å²) in [7, 11) is 0. The van der Waals surface area contributed by atoms with Crippen LogP contribution in [0, 0.1) is 11.7 Å². The molecule has 0 bridgehead atoms. The lowest BCUT2D eigenvalue weighted by atomic mass is 9.95. The van der Waals surface area contributed by atoms with E-state index in [-0.39, 0.29) is 29.4 Å². The largest absolute Gasteiger partial charge is 0.478 e. The molecule has 0 aliphatic carbocycles. The van der Waals surface area contributed by atoms with Crippen molar-refractivity contribution in [1.82, 2.24) is 4.57 Å². The Balaban J connectivity index is 2.48. The second-order valence-corrected chi connectivity index (χ2v) is 6.91. The van der Waals surface area contributed by atoms with E-state index >= 15 is 0 Å². The highest BCUT2D eigenvalue weighted by Gasteiger charge is 2.19. The van der Waals surface area contributed by atoms with E-state index < -0.39 is 5.97 Å². The van der Waals surface area contributed by atoms with Crippen molar-refractivity contribution < 1.29 is 14.3 Å². The van der Waals surface area contributed by atoms with Crippen LogP contribution in [-0.4, -0.2) is 15.6 Å². The van der Waals surface area contributed by atoms with Crippen LogP contribution in [0.2, 0.25) is 0 Å². The Morgan fingerprint density at radius 3 is 2.37 bits per heavy atom. The van der Waals surface area contributed by atoms with E-state index in [2.05, 4.69) is 0 Å². The van der Waals surface area contributed by atoms with Gasteiger partial charge in [-0.1, -0.05) is 26.0 Å². The van der Waals surface area contributed by atoms with Gasteiger partial charge in [0.1, 0.15) is 5.82 Å². The van der Waals surface area contributed by atoms with Gasteiger partial charge in [0.05, 0.1) is 5.56 Å². The lowest BCUT2D eigenvalue weighted by molar-refractivity contribution is 0.0697. The Kier molecular flexibility index (Phi) is 5.10. The first-order chi connectivity index (χ1) is 12.8. The summed E-state index contributed by atoms with van der Waals surface area (Å²) in [6, 6.07) is 10.3. The van der Waals surface area contributed by atoms with Crippen LogP contribution < -0.4 is 11.3 Å². The Morgan fingerprint density at radius 2 is 1.81 bits per heavy atom. The molecule has 0 amide bonds. The van der Waals surface area contributed by atoms with Gasteiger partial charge in [-0.3, -0.25) is 4.79 Å². The molecule has 0 atom stereocenters. The van der Waals surface area contributed by atoms with Crippen LogP contribution >= 0.6 is 0 Å². The summed E-state index contributed by atoms with van der Waals surface area (Å²) in [4.78, 5) is 24.5. The van der Waals surface area contributed by atoms with E-state index in [1.54, 1.807) is 16.7 Å². The van der Waals surface area contributed by atoms with Crippen LogP contribution in [0.4, 0.5) is 4.39 Å². The summed E-state index contributed by atoms with van der Waals surface area (Å²) in [5.74, 6) is -1.24. The van der Waals surface area contributed by atoms with Gasteiger partial charge in [-0.2, -0.15) is 0 Å². The van der Waals surface area contributed by atoms with E-state index in [1.165, 1.54) is 30.3 Å². The minimum atomic E-state index is -1.08. The minimum absolute atomic E-state index is 0.0786. The zero-order chi connectivity index (χ0) is 19.7. The summed E-state index contributed by atoms with van der Waals surface area (Å²) in [6.07, 6.45) is 0. The Morgan fingerprint density at radius 1 is 1.15 bits per heavy atom. The highest BCUT2D eigenvalue weighted by molar-refractivity contribution is 6.01. The number of halogens is 1. The molecule has 6 heteroatoms. The highest BCUT2D eigenvalue weighted by atomic mass is 19.1. The molecule has 0 fully saturated rings. The third-order valence-electron chi connectivity index (χ3n) is 4.50. The SMILES string of the molecule is CC(C)Cn1c(CN)c(-c2ccc(F)cc2)c2cc(C(=O)O)ccc2c1=O. The van der Waals surface area contributed by atoms with Crippen LogP contribution in [-0.2, 0) is 13.1 Å². The number of fused-ring (bicyclic) bond motifs is 1. The quantitative estimate of drug-likeness (QED) is 0.720. The molecule has 1 aromatic heterocycles. The minimum Gasteiger partial charge on any atom is -0.478 e. The van der Waals surface area contributed by atoms with Crippen molar-refractivity contribution in [2.45, 2.75) is 26.9 Å². The summed E-state index contributed by atoms with van der Waals surface area (Å²) < 4.78 is 15.1. The number of pyridine rings is 1. The maximum absolute atomic E-state index is 13.4. The zero-order valence-electron chi connectivity index (χ0n) is 15.2. The smallest absolute Gasteiger partial charge is 0.335 e. The van der Waals surface area contributed by atoms with Gasteiger partial charge in [-0.15, -0.1) is 0 Å². The first-order valence-corrected chi connectivity index (χ1v) is 8.72. The number of rotatable bonds is 5. The number of nitrogens with two attached hydrogens (primary N) is 1. The second kappa shape index (κ2) is 7.32. The predicted molar refractivity (Wildman–Crippen MR) is 103 cm³/mol. The summed E-state index contributed by atoms with van der Waals surface area (Å²) in [5.41, 5.74) is 7.83. The maximum Gasteiger partial charge on any atom is 0.335 e.